The molecule has 0 spiro atoms. The van der Waals surface area contributed by atoms with E-state index in [0.29, 0.717) is 68.3 Å². The highest BCUT2D eigenvalue weighted by Gasteiger charge is 2.28. The fourth-order valence-corrected chi connectivity index (χ4v) is 4.67. The van der Waals surface area contributed by atoms with Crippen molar-refractivity contribution in [1.29, 1.82) is 5.26 Å². The molecule has 1 saturated heterocycles. The first kappa shape index (κ1) is 26.2. The van der Waals surface area contributed by atoms with Gasteiger partial charge in [0.2, 0.25) is 6.41 Å². The maximum Gasteiger partial charge on any atom is 0.328 e. The molecule has 0 aliphatic carbocycles. The highest BCUT2D eigenvalue weighted by atomic mass is 16.5. The van der Waals surface area contributed by atoms with E-state index in [-0.39, 0.29) is 18.3 Å². The number of amides is 3. The molecule has 37 heavy (non-hydrogen) atoms. The number of aldehydes is 1. The van der Waals surface area contributed by atoms with Crippen LogP contribution in [0.4, 0.5) is 16.4 Å². The Balaban J connectivity index is 1.54. The minimum atomic E-state index is -0.421. The number of fused-ring (bicyclic) bond motifs is 1. The third kappa shape index (κ3) is 6.10. The maximum atomic E-state index is 13.2. The van der Waals surface area contributed by atoms with Crippen LogP contribution in [0.1, 0.15) is 52.0 Å². The minimum Gasteiger partial charge on any atom is -0.385 e. The second kappa shape index (κ2) is 12.4. The average molecular weight is 507 g/mol. The van der Waals surface area contributed by atoms with Gasteiger partial charge in [0.05, 0.1) is 18.2 Å². The molecule has 2 aromatic heterocycles. The highest BCUT2D eigenvalue weighted by Crippen LogP contribution is 2.29. The number of methoxy groups -OCH3 is 1. The number of anilines is 2. The smallest absolute Gasteiger partial charge is 0.328 e. The van der Waals surface area contributed by atoms with Gasteiger partial charge in [-0.1, -0.05) is 0 Å². The van der Waals surface area contributed by atoms with Crippen molar-refractivity contribution in [1.82, 2.24) is 14.9 Å². The molecule has 1 N–H and O–H groups in total. The lowest BCUT2D eigenvalue weighted by Gasteiger charge is -2.30. The Morgan fingerprint density at radius 3 is 2.95 bits per heavy atom. The third-order valence-corrected chi connectivity index (χ3v) is 6.63. The van der Waals surface area contributed by atoms with Crippen molar-refractivity contribution in [2.24, 2.45) is 0 Å². The average Bonchev–Trinajstić information content (AvgIpc) is 3.46. The molecule has 2 aliphatic rings. The van der Waals surface area contributed by atoms with Crippen molar-refractivity contribution in [2.75, 3.05) is 43.7 Å². The van der Waals surface area contributed by atoms with Gasteiger partial charge in [0, 0.05) is 45.2 Å². The Hall–Kier alpha value is -3.88. The van der Waals surface area contributed by atoms with Crippen LogP contribution in [0.25, 0.3) is 0 Å². The van der Waals surface area contributed by atoms with Gasteiger partial charge in [0.25, 0.3) is 0 Å². The normalized spacial score (nSPS) is 16.5. The summed E-state index contributed by atoms with van der Waals surface area (Å²) in [5.41, 5.74) is 2.91. The summed E-state index contributed by atoms with van der Waals surface area (Å²) >= 11 is 0. The molecular weight excluding hydrogens is 476 g/mol. The zero-order valence-electron chi connectivity index (χ0n) is 20.8. The number of aromatic nitrogens is 2. The molecule has 11 heteroatoms. The van der Waals surface area contributed by atoms with Crippen LogP contribution in [-0.2, 0) is 33.7 Å². The first-order valence-corrected chi connectivity index (χ1v) is 12.3. The molecule has 11 nitrogen and oxygen atoms in total. The number of pyridine rings is 2. The van der Waals surface area contributed by atoms with Crippen molar-refractivity contribution in [2.45, 2.75) is 44.7 Å². The van der Waals surface area contributed by atoms with Gasteiger partial charge < -0.3 is 14.4 Å². The van der Waals surface area contributed by atoms with Gasteiger partial charge in [0.15, 0.2) is 6.29 Å². The molecule has 0 aromatic carbocycles. The van der Waals surface area contributed by atoms with Crippen molar-refractivity contribution < 1.29 is 23.9 Å². The topological polar surface area (TPSA) is 138 Å². The van der Waals surface area contributed by atoms with Gasteiger partial charge in [-0.25, -0.2) is 14.8 Å². The summed E-state index contributed by atoms with van der Waals surface area (Å²) in [6.45, 7) is 2.31. The lowest BCUT2D eigenvalue weighted by Crippen LogP contribution is -2.40. The fourth-order valence-electron chi connectivity index (χ4n) is 4.67. The van der Waals surface area contributed by atoms with Gasteiger partial charge in [0.1, 0.15) is 23.4 Å². The Morgan fingerprint density at radius 1 is 1.38 bits per heavy atom. The Labute approximate surface area is 215 Å². The quantitative estimate of drug-likeness (QED) is 0.383. The van der Waals surface area contributed by atoms with E-state index in [4.69, 9.17) is 9.47 Å². The van der Waals surface area contributed by atoms with Gasteiger partial charge in [-0.2, -0.15) is 5.26 Å². The third-order valence-electron chi connectivity index (χ3n) is 6.63. The fraction of sp³-hybridized carbons (Fsp3) is 0.462. The van der Waals surface area contributed by atoms with Crippen LogP contribution in [0.15, 0.2) is 18.3 Å². The SMILES string of the molecule is COCCCc1cc(NC(=O)N2CCCc3cc(CN(C=O)[C@@H]4CCOC4)c(C=O)nc32)ncc1C#N. The molecule has 3 amide bonds. The number of carbonyl (C=O) groups excluding carboxylic acids is 3. The molecule has 1 fully saturated rings. The van der Waals surface area contributed by atoms with Crippen LogP contribution in [0.3, 0.4) is 0 Å². The van der Waals surface area contributed by atoms with Gasteiger partial charge in [-0.05, 0) is 55.4 Å². The van der Waals surface area contributed by atoms with Crippen LogP contribution in [0.5, 0.6) is 0 Å². The van der Waals surface area contributed by atoms with E-state index in [1.807, 2.05) is 6.07 Å². The Morgan fingerprint density at radius 2 is 2.24 bits per heavy atom. The minimum absolute atomic E-state index is 0.0328. The van der Waals surface area contributed by atoms with Crippen molar-refractivity contribution in [3.63, 3.8) is 0 Å². The second-order valence-corrected chi connectivity index (χ2v) is 9.05. The molecular formula is C26H30N6O5. The number of urea groups is 1. The Bertz CT molecular complexity index is 1190. The summed E-state index contributed by atoms with van der Waals surface area (Å²) in [6, 6.07) is 5.24. The molecule has 0 radical (unpaired) electrons. The molecule has 2 aliphatic heterocycles. The van der Waals surface area contributed by atoms with Gasteiger partial charge in [-0.3, -0.25) is 19.8 Å². The number of ether oxygens (including phenoxy) is 2. The van der Waals surface area contributed by atoms with Gasteiger partial charge >= 0.3 is 6.03 Å². The number of nitriles is 1. The van der Waals surface area contributed by atoms with E-state index in [0.717, 1.165) is 36.8 Å². The predicted molar refractivity (Wildman–Crippen MR) is 134 cm³/mol. The summed E-state index contributed by atoms with van der Waals surface area (Å²) in [6.07, 6.45) is 6.41. The summed E-state index contributed by atoms with van der Waals surface area (Å²) < 4.78 is 10.5. The zero-order valence-corrected chi connectivity index (χ0v) is 20.8. The summed E-state index contributed by atoms with van der Waals surface area (Å²) in [7, 11) is 1.62. The van der Waals surface area contributed by atoms with E-state index in [2.05, 4.69) is 21.4 Å². The first-order chi connectivity index (χ1) is 18.1. The van der Waals surface area contributed by atoms with Crippen LogP contribution in [0, 0.1) is 11.3 Å². The second-order valence-electron chi connectivity index (χ2n) is 9.05. The van der Waals surface area contributed by atoms with Crippen molar-refractivity contribution >= 4 is 30.4 Å². The van der Waals surface area contributed by atoms with E-state index in [9.17, 15) is 19.6 Å². The largest absolute Gasteiger partial charge is 0.385 e. The first-order valence-electron chi connectivity index (χ1n) is 12.3. The predicted octanol–water partition coefficient (Wildman–Crippen LogP) is 2.47. The van der Waals surface area contributed by atoms with E-state index < -0.39 is 6.03 Å². The monoisotopic (exact) mass is 506 g/mol. The number of nitrogens with zero attached hydrogens (tertiary/aromatic N) is 5. The molecule has 4 heterocycles. The molecule has 0 bridgehead atoms. The number of carbonyl (C=O) groups is 3. The van der Waals surface area contributed by atoms with Crippen LogP contribution < -0.4 is 10.2 Å². The Kier molecular flexibility index (Phi) is 8.77. The maximum absolute atomic E-state index is 13.2. The van der Waals surface area contributed by atoms with Crippen LogP contribution >= 0.6 is 0 Å². The highest BCUT2D eigenvalue weighted by molar-refractivity contribution is 6.01. The zero-order chi connectivity index (χ0) is 26.2. The van der Waals surface area contributed by atoms with Crippen LogP contribution in [0.2, 0.25) is 0 Å². The van der Waals surface area contributed by atoms with E-state index >= 15 is 0 Å². The number of rotatable bonds is 10. The number of aryl methyl sites for hydroxylation is 2. The molecule has 2 aromatic rings. The standard InChI is InChI=1S/C26H30N6O5/c1-36-8-3-5-18-11-24(28-13-21(18)12-27)30-26(35)32-7-2-4-19-10-20(23(15-33)29-25(19)32)14-31(17-34)22-6-9-37-16-22/h10-11,13,15,17,22H,2-9,14,16H2,1H3,(H,28,30,35)/t22-/m1/s1. The lowest BCUT2D eigenvalue weighted by molar-refractivity contribution is -0.120. The van der Waals surface area contributed by atoms with Gasteiger partial charge in [-0.15, -0.1) is 0 Å². The molecule has 4 rings (SSSR count). The van der Waals surface area contributed by atoms with E-state index in [1.54, 1.807) is 18.1 Å². The molecule has 0 saturated carbocycles. The summed E-state index contributed by atoms with van der Waals surface area (Å²) in [4.78, 5) is 48.7. The van der Waals surface area contributed by atoms with Crippen molar-refractivity contribution in [3.05, 3.63) is 46.3 Å². The summed E-state index contributed by atoms with van der Waals surface area (Å²) in [5, 5.41) is 12.2. The molecule has 194 valence electrons. The van der Waals surface area contributed by atoms with E-state index in [1.165, 1.54) is 11.1 Å². The molecule has 0 unspecified atom stereocenters. The summed E-state index contributed by atoms with van der Waals surface area (Å²) in [5.74, 6) is 0.751. The van der Waals surface area contributed by atoms with Crippen molar-refractivity contribution in [3.8, 4) is 6.07 Å². The van der Waals surface area contributed by atoms with Crippen LogP contribution in [-0.4, -0.2) is 73.1 Å². The lowest BCUT2D eigenvalue weighted by atomic mass is 10.0. The molecule has 1 atom stereocenters. The number of hydrogen-bond donors (Lipinski definition) is 1. The number of nitrogens with one attached hydrogen (secondary N) is 1. The number of hydrogen-bond acceptors (Lipinski definition) is 8.